The fraction of sp³-hybridized carbons (Fsp3) is 1.00. The van der Waals surface area contributed by atoms with Crippen molar-refractivity contribution in [3.8, 4) is 0 Å². The molecule has 0 aliphatic heterocycles. The molecule has 0 fully saturated rings. The third kappa shape index (κ3) is 17.8. The molecular formula is C10H24O. The summed E-state index contributed by atoms with van der Waals surface area (Å²) in [5.74, 6) is 0. The van der Waals surface area contributed by atoms with Crippen LogP contribution in [0.3, 0.4) is 0 Å². The zero-order valence-corrected chi connectivity index (χ0v) is 8.56. The Labute approximate surface area is 71.8 Å². The van der Waals surface area contributed by atoms with Crippen LogP contribution in [-0.2, 0) is 0 Å². The van der Waals surface area contributed by atoms with Gasteiger partial charge in [-0.1, -0.05) is 47.0 Å². The van der Waals surface area contributed by atoms with Gasteiger partial charge in [-0.3, -0.25) is 0 Å². The minimum absolute atomic E-state index is 0.0370. The largest absolute Gasteiger partial charge is 0.393 e. The summed E-state index contributed by atoms with van der Waals surface area (Å²) in [4.78, 5) is 0. The molecule has 0 amide bonds. The molecule has 0 saturated carbocycles. The highest BCUT2D eigenvalue weighted by Gasteiger charge is 1.97. The van der Waals surface area contributed by atoms with Crippen molar-refractivity contribution in [3.05, 3.63) is 0 Å². The van der Waals surface area contributed by atoms with Crippen LogP contribution < -0.4 is 0 Å². The molecule has 0 aliphatic carbocycles. The topological polar surface area (TPSA) is 20.2 Å². The predicted molar refractivity (Wildman–Crippen MR) is 51.8 cm³/mol. The van der Waals surface area contributed by atoms with Crippen LogP contribution in [0.4, 0.5) is 0 Å². The minimum atomic E-state index is -0.0370. The minimum Gasteiger partial charge on any atom is -0.393 e. The highest BCUT2D eigenvalue weighted by molar-refractivity contribution is 4.51. The molecule has 1 nitrogen and oxygen atoms in total. The first kappa shape index (κ1) is 13.5. The van der Waals surface area contributed by atoms with Gasteiger partial charge in [0, 0.05) is 0 Å². The Balaban J connectivity index is 0. The highest BCUT2D eigenvalue weighted by atomic mass is 16.3. The van der Waals surface area contributed by atoms with E-state index in [0.29, 0.717) is 0 Å². The smallest absolute Gasteiger partial charge is 0.0540 e. The van der Waals surface area contributed by atoms with Gasteiger partial charge < -0.3 is 5.11 Å². The zero-order chi connectivity index (χ0) is 9.11. The number of aliphatic hydroxyl groups is 1. The van der Waals surface area contributed by atoms with Crippen LogP contribution in [0.1, 0.15) is 59.8 Å². The predicted octanol–water partition coefficient (Wildman–Crippen LogP) is 3.36. The van der Waals surface area contributed by atoms with Gasteiger partial charge in [0.25, 0.3) is 0 Å². The van der Waals surface area contributed by atoms with E-state index in [9.17, 15) is 0 Å². The average Bonchev–Trinajstić information content (AvgIpc) is 1.90. The first-order valence-electron chi connectivity index (χ1n) is 4.90. The van der Waals surface area contributed by atoms with E-state index in [0.717, 1.165) is 25.7 Å². The fourth-order valence-corrected chi connectivity index (χ4v) is 0.811. The second-order valence-electron chi connectivity index (χ2n) is 2.94. The second-order valence-corrected chi connectivity index (χ2v) is 2.94. The lowest BCUT2D eigenvalue weighted by Crippen LogP contribution is -2.03. The number of hydrogen-bond donors (Lipinski definition) is 1. The molecular weight excluding hydrogens is 136 g/mol. The molecule has 0 radical (unpaired) electrons. The van der Waals surface area contributed by atoms with Crippen LogP contribution >= 0.6 is 0 Å². The standard InChI is InChI=1S/C7H16O.C3H8/c1-3-5-7(8)6-4-2;1-3-2/h7-8H,3-6H2,1-2H3;3H2,1-2H3. The van der Waals surface area contributed by atoms with Crippen LogP contribution in [0.15, 0.2) is 0 Å². The molecule has 0 aliphatic rings. The molecule has 0 heterocycles. The molecule has 0 aromatic heterocycles. The molecule has 0 rings (SSSR count). The Hall–Kier alpha value is -0.0400. The SMILES string of the molecule is CCC.CCCC(O)CCC. The number of hydrogen-bond acceptors (Lipinski definition) is 1. The first-order valence-corrected chi connectivity index (χ1v) is 4.90. The van der Waals surface area contributed by atoms with Crippen molar-refractivity contribution in [3.63, 3.8) is 0 Å². The first-order chi connectivity index (χ1) is 5.22. The summed E-state index contributed by atoms with van der Waals surface area (Å²) in [6, 6.07) is 0. The molecule has 0 aromatic carbocycles. The van der Waals surface area contributed by atoms with Crippen molar-refractivity contribution in [2.75, 3.05) is 0 Å². The maximum absolute atomic E-state index is 9.05. The van der Waals surface area contributed by atoms with E-state index < -0.39 is 0 Å². The average molecular weight is 160 g/mol. The monoisotopic (exact) mass is 160 g/mol. The molecule has 11 heavy (non-hydrogen) atoms. The quantitative estimate of drug-likeness (QED) is 0.668. The Morgan fingerprint density at radius 3 is 1.36 bits per heavy atom. The lowest BCUT2D eigenvalue weighted by molar-refractivity contribution is 0.153. The van der Waals surface area contributed by atoms with E-state index in [1.165, 1.54) is 6.42 Å². The Morgan fingerprint density at radius 1 is 0.909 bits per heavy atom. The second kappa shape index (κ2) is 12.6. The summed E-state index contributed by atoms with van der Waals surface area (Å²) in [6.45, 7) is 8.44. The third-order valence-corrected chi connectivity index (χ3v) is 1.24. The highest BCUT2D eigenvalue weighted by Crippen LogP contribution is 2.02. The normalized spacial score (nSPS) is 9.27. The molecule has 0 atom stereocenters. The molecule has 0 unspecified atom stereocenters. The molecule has 0 saturated heterocycles. The molecule has 0 spiro atoms. The zero-order valence-electron chi connectivity index (χ0n) is 8.56. The summed E-state index contributed by atoms with van der Waals surface area (Å²) < 4.78 is 0. The van der Waals surface area contributed by atoms with Gasteiger partial charge in [0.15, 0.2) is 0 Å². The van der Waals surface area contributed by atoms with Crippen LogP contribution in [-0.4, -0.2) is 11.2 Å². The lowest BCUT2D eigenvalue weighted by atomic mass is 10.1. The Kier molecular flexibility index (Phi) is 15.5. The van der Waals surface area contributed by atoms with Crippen molar-refractivity contribution in [1.82, 2.24) is 0 Å². The van der Waals surface area contributed by atoms with Gasteiger partial charge in [-0.25, -0.2) is 0 Å². The summed E-state index contributed by atoms with van der Waals surface area (Å²) >= 11 is 0. The van der Waals surface area contributed by atoms with E-state index >= 15 is 0 Å². The fourth-order valence-electron chi connectivity index (χ4n) is 0.811. The van der Waals surface area contributed by atoms with Gasteiger partial charge in [-0.05, 0) is 12.8 Å². The molecule has 1 heteroatoms. The Bertz CT molecular complexity index is 46.8. The van der Waals surface area contributed by atoms with Crippen LogP contribution in [0, 0.1) is 0 Å². The van der Waals surface area contributed by atoms with Gasteiger partial charge in [-0.2, -0.15) is 0 Å². The van der Waals surface area contributed by atoms with E-state index in [1.54, 1.807) is 0 Å². The molecule has 0 bridgehead atoms. The van der Waals surface area contributed by atoms with Crippen LogP contribution in [0.5, 0.6) is 0 Å². The molecule has 0 aromatic rings. The van der Waals surface area contributed by atoms with Gasteiger partial charge in [0.1, 0.15) is 0 Å². The molecule has 70 valence electrons. The summed E-state index contributed by atoms with van der Waals surface area (Å²) in [6.07, 6.45) is 5.34. The summed E-state index contributed by atoms with van der Waals surface area (Å²) in [7, 11) is 0. The maximum Gasteiger partial charge on any atom is 0.0540 e. The van der Waals surface area contributed by atoms with Crippen molar-refractivity contribution in [1.29, 1.82) is 0 Å². The van der Waals surface area contributed by atoms with Crippen molar-refractivity contribution >= 4 is 0 Å². The third-order valence-electron chi connectivity index (χ3n) is 1.24. The van der Waals surface area contributed by atoms with Gasteiger partial charge in [-0.15, -0.1) is 0 Å². The van der Waals surface area contributed by atoms with E-state index in [4.69, 9.17) is 5.11 Å². The van der Waals surface area contributed by atoms with E-state index in [-0.39, 0.29) is 6.10 Å². The Morgan fingerprint density at radius 2 is 1.18 bits per heavy atom. The number of aliphatic hydroxyl groups excluding tert-OH is 1. The molecule has 1 N–H and O–H groups in total. The van der Waals surface area contributed by atoms with Crippen LogP contribution in [0.2, 0.25) is 0 Å². The van der Waals surface area contributed by atoms with Gasteiger partial charge in [0.05, 0.1) is 6.10 Å². The van der Waals surface area contributed by atoms with Gasteiger partial charge >= 0.3 is 0 Å². The van der Waals surface area contributed by atoms with Gasteiger partial charge in [0.2, 0.25) is 0 Å². The number of rotatable bonds is 4. The summed E-state index contributed by atoms with van der Waals surface area (Å²) in [5.41, 5.74) is 0. The van der Waals surface area contributed by atoms with E-state index in [2.05, 4.69) is 27.7 Å². The van der Waals surface area contributed by atoms with Crippen molar-refractivity contribution in [2.45, 2.75) is 65.9 Å². The lowest BCUT2D eigenvalue weighted by Gasteiger charge is -2.04. The van der Waals surface area contributed by atoms with Crippen LogP contribution in [0.25, 0.3) is 0 Å². The maximum atomic E-state index is 9.05. The van der Waals surface area contributed by atoms with E-state index in [1.807, 2.05) is 0 Å². The van der Waals surface area contributed by atoms with Crippen molar-refractivity contribution in [2.24, 2.45) is 0 Å². The summed E-state index contributed by atoms with van der Waals surface area (Å²) in [5, 5.41) is 9.05. The van der Waals surface area contributed by atoms with Crippen molar-refractivity contribution < 1.29 is 5.11 Å².